The van der Waals surface area contributed by atoms with Gasteiger partial charge in [0.15, 0.2) is 0 Å². The highest BCUT2D eigenvalue weighted by Gasteiger charge is 2.29. The first kappa shape index (κ1) is 31.6. The van der Waals surface area contributed by atoms with Crippen molar-refractivity contribution in [3.63, 3.8) is 0 Å². The smallest absolute Gasteiger partial charge is 0.367 e. The summed E-state index contributed by atoms with van der Waals surface area (Å²) in [5.74, 6) is 0.586. The standard InChI is InChI=1S/C34H32F3N9OS/c1-20-22(17-45-8-6-23(7-9-45)42-32-29-13-27(14-34(35,36)37)48-33(29)41-19-40-32)3-4-30-28(20)12-26(15-38)46(30)18-25-11-24(43-44-25)10-21-2-5-31(47)39-16-21/h2-5,11-13,16,19,23H,6-10,14,17-18H2,1H3,(H,39,47)(H,43,44)(H,40,41,42). The van der Waals surface area contributed by atoms with Gasteiger partial charge in [0.05, 0.1) is 29.7 Å². The van der Waals surface area contributed by atoms with Crippen LogP contribution < -0.4 is 10.9 Å². The third-order valence-electron chi connectivity index (χ3n) is 8.90. The summed E-state index contributed by atoms with van der Waals surface area (Å²) in [6.07, 6.45) is 0.176. The van der Waals surface area contributed by atoms with E-state index in [1.807, 2.05) is 16.7 Å². The average Bonchev–Trinajstić information content (AvgIpc) is 3.77. The lowest BCUT2D eigenvalue weighted by Gasteiger charge is -2.33. The summed E-state index contributed by atoms with van der Waals surface area (Å²) in [5, 5.41) is 22.7. The van der Waals surface area contributed by atoms with Gasteiger partial charge >= 0.3 is 6.18 Å². The lowest BCUT2D eigenvalue weighted by molar-refractivity contribution is -0.126. The minimum atomic E-state index is -4.27. The van der Waals surface area contributed by atoms with Crippen LogP contribution in [0.1, 0.15) is 51.5 Å². The Morgan fingerprint density at radius 1 is 1.08 bits per heavy atom. The molecule has 1 aliphatic heterocycles. The monoisotopic (exact) mass is 671 g/mol. The molecule has 0 atom stereocenters. The molecule has 48 heavy (non-hydrogen) atoms. The van der Waals surface area contributed by atoms with Gasteiger partial charge in [-0.05, 0) is 60.7 Å². The molecule has 0 amide bonds. The fourth-order valence-electron chi connectivity index (χ4n) is 6.44. The number of nitrogens with one attached hydrogen (secondary N) is 3. The van der Waals surface area contributed by atoms with Crippen molar-refractivity contribution in [3.8, 4) is 6.07 Å². The van der Waals surface area contributed by atoms with Crippen LogP contribution in [0.3, 0.4) is 0 Å². The summed E-state index contributed by atoms with van der Waals surface area (Å²) < 4.78 is 40.8. The molecular weight excluding hydrogens is 639 g/mol. The van der Waals surface area contributed by atoms with Crippen molar-refractivity contribution in [2.75, 3.05) is 18.4 Å². The van der Waals surface area contributed by atoms with Gasteiger partial charge in [-0.25, -0.2) is 9.97 Å². The molecular formula is C34H32F3N9OS. The Kier molecular flexibility index (Phi) is 8.49. The number of nitriles is 1. The molecule has 6 aromatic rings. The topological polar surface area (TPSA) is 131 Å². The number of rotatable bonds is 9. The molecule has 1 aliphatic rings. The van der Waals surface area contributed by atoms with Gasteiger partial charge in [0.1, 0.15) is 28.7 Å². The molecule has 0 aliphatic carbocycles. The maximum atomic E-state index is 12.9. The molecule has 7 rings (SSSR count). The molecule has 0 spiro atoms. The number of thiophene rings is 1. The van der Waals surface area contributed by atoms with E-state index in [-0.39, 0.29) is 16.5 Å². The van der Waals surface area contributed by atoms with Crippen molar-refractivity contribution in [1.29, 1.82) is 5.26 Å². The Morgan fingerprint density at radius 2 is 1.92 bits per heavy atom. The number of fused-ring (bicyclic) bond motifs is 2. The van der Waals surface area contributed by atoms with Gasteiger partial charge in [-0.15, -0.1) is 11.3 Å². The number of nitrogens with zero attached hydrogens (tertiary/aromatic N) is 6. The van der Waals surface area contributed by atoms with Crippen LogP contribution in [0.5, 0.6) is 0 Å². The molecule has 5 aromatic heterocycles. The Hall–Kier alpha value is -5.00. The van der Waals surface area contributed by atoms with Crippen molar-refractivity contribution in [2.24, 2.45) is 0 Å². The number of aromatic nitrogens is 6. The number of benzene rings is 1. The van der Waals surface area contributed by atoms with E-state index in [0.29, 0.717) is 34.7 Å². The second-order valence-corrected chi connectivity index (χ2v) is 13.4. The van der Waals surface area contributed by atoms with E-state index < -0.39 is 12.6 Å². The van der Waals surface area contributed by atoms with Gasteiger partial charge in [-0.2, -0.15) is 23.5 Å². The van der Waals surface area contributed by atoms with Gasteiger partial charge in [0.2, 0.25) is 5.56 Å². The SMILES string of the molecule is Cc1c(CN2CCC(Nc3ncnc4sc(CC(F)(F)F)cc34)CC2)ccc2c1cc(C#N)n2Cc1cc(Cc2ccc(=O)[nH]c2)n[nH]1. The first-order valence-corrected chi connectivity index (χ1v) is 16.4. The number of hydrogen-bond acceptors (Lipinski definition) is 8. The zero-order chi connectivity index (χ0) is 33.4. The molecule has 0 radical (unpaired) electrons. The molecule has 246 valence electrons. The van der Waals surface area contributed by atoms with Gasteiger partial charge in [-0.3, -0.25) is 14.8 Å². The normalized spacial score (nSPS) is 14.6. The highest BCUT2D eigenvalue weighted by molar-refractivity contribution is 7.18. The van der Waals surface area contributed by atoms with Crippen molar-refractivity contribution in [3.05, 3.63) is 104 Å². The number of anilines is 1. The van der Waals surface area contributed by atoms with Gasteiger partial charge in [0, 0.05) is 60.1 Å². The van der Waals surface area contributed by atoms with Crippen LogP contribution in [0.15, 0.2) is 59.8 Å². The van der Waals surface area contributed by atoms with E-state index in [2.05, 4.69) is 60.5 Å². The number of halogens is 3. The van der Waals surface area contributed by atoms with Crippen LogP contribution in [0.25, 0.3) is 21.1 Å². The van der Waals surface area contributed by atoms with Crippen molar-refractivity contribution in [1.82, 2.24) is 34.6 Å². The van der Waals surface area contributed by atoms with Crippen LogP contribution in [-0.2, 0) is 25.9 Å². The quantitative estimate of drug-likeness (QED) is 0.170. The zero-order valence-corrected chi connectivity index (χ0v) is 26.9. The van der Waals surface area contributed by atoms with E-state index >= 15 is 0 Å². The molecule has 0 saturated carbocycles. The number of aryl methyl sites for hydroxylation is 1. The van der Waals surface area contributed by atoms with Gasteiger partial charge in [0.25, 0.3) is 0 Å². The summed E-state index contributed by atoms with van der Waals surface area (Å²) in [7, 11) is 0. The third-order valence-corrected chi connectivity index (χ3v) is 9.95. The first-order chi connectivity index (χ1) is 23.1. The fourth-order valence-corrected chi connectivity index (χ4v) is 7.47. The predicted molar refractivity (Wildman–Crippen MR) is 178 cm³/mol. The second kappa shape index (κ2) is 12.9. The Morgan fingerprint density at radius 3 is 2.67 bits per heavy atom. The van der Waals surface area contributed by atoms with Crippen LogP contribution in [0.4, 0.5) is 19.0 Å². The fraction of sp³-hybridized carbons (Fsp3) is 0.324. The molecule has 1 saturated heterocycles. The van der Waals surface area contributed by atoms with Gasteiger partial charge < -0.3 is 14.9 Å². The molecule has 6 heterocycles. The lowest BCUT2D eigenvalue weighted by Crippen LogP contribution is -2.39. The zero-order valence-electron chi connectivity index (χ0n) is 26.1. The van der Waals surface area contributed by atoms with Crippen LogP contribution >= 0.6 is 11.3 Å². The van der Waals surface area contributed by atoms with E-state index in [9.17, 15) is 23.2 Å². The summed E-state index contributed by atoms with van der Waals surface area (Å²) in [4.78, 5) is 25.8. The summed E-state index contributed by atoms with van der Waals surface area (Å²) >= 11 is 1.06. The largest absolute Gasteiger partial charge is 0.393 e. The van der Waals surface area contributed by atoms with E-state index in [4.69, 9.17) is 0 Å². The lowest BCUT2D eigenvalue weighted by atomic mass is 10.0. The van der Waals surface area contributed by atoms with Crippen molar-refractivity contribution >= 4 is 38.3 Å². The number of likely N-dealkylation sites (tertiary alicyclic amines) is 1. The first-order valence-electron chi connectivity index (χ1n) is 15.6. The maximum absolute atomic E-state index is 12.9. The number of H-pyrrole nitrogens is 2. The van der Waals surface area contributed by atoms with Gasteiger partial charge in [-0.1, -0.05) is 12.1 Å². The molecule has 10 nitrogen and oxygen atoms in total. The molecule has 1 fully saturated rings. The van der Waals surface area contributed by atoms with E-state index in [1.54, 1.807) is 18.3 Å². The van der Waals surface area contributed by atoms with Crippen LogP contribution in [0, 0.1) is 18.3 Å². The van der Waals surface area contributed by atoms with E-state index in [1.165, 1.54) is 18.0 Å². The minimum Gasteiger partial charge on any atom is -0.367 e. The van der Waals surface area contributed by atoms with Crippen molar-refractivity contribution in [2.45, 2.75) is 57.9 Å². The molecule has 0 unspecified atom stereocenters. The minimum absolute atomic E-state index is 0.145. The second-order valence-electron chi connectivity index (χ2n) is 12.3. The molecule has 0 bridgehead atoms. The van der Waals surface area contributed by atoms with Crippen LogP contribution in [-0.4, -0.2) is 59.9 Å². The molecule has 3 N–H and O–H groups in total. The summed E-state index contributed by atoms with van der Waals surface area (Å²) in [5.41, 5.74) is 6.43. The van der Waals surface area contributed by atoms with E-state index in [0.717, 1.165) is 77.2 Å². The Labute approximate surface area is 277 Å². The predicted octanol–water partition coefficient (Wildman–Crippen LogP) is 6.06. The number of piperidine rings is 1. The Balaban J connectivity index is 1.00. The third kappa shape index (κ3) is 6.83. The number of aromatic amines is 2. The number of alkyl halides is 3. The highest BCUT2D eigenvalue weighted by atomic mass is 32.1. The summed E-state index contributed by atoms with van der Waals surface area (Å²) in [6, 6.07) is 15.5. The maximum Gasteiger partial charge on any atom is 0.393 e. The Bertz CT molecular complexity index is 2180. The molecule has 1 aromatic carbocycles. The molecule has 14 heteroatoms. The van der Waals surface area contributed by atoms with Crippen LogP contribution in [0.2, 0.25) is 0 Å². The highest BCUT2D eigenvalue weighted by Crippen LogP contribution is 2.33. The number of pyridine rings is 1. The average molecular weight is 672 g/mol. The number of hydrogen-bond donors (Lipinski definition) is 3. The summed E-state index contributed by atoms with van der Waals surface area (Å²) in [6.45, 7) is 5.07. The van der Waals surface area contributed by atoms with Crippen molar-refractivity contribution < 1.29 is 13.2 Å².